The Morgan fingerprint density at radius 1 is 1.04 bits per heavy atom. The van der Waals surface area contributed by atoms with Gasteiger partial charge in [-0.1, -0.05) is 18.2 Å². The molecule has 2 aromatic rings. The predicted molar refractivity (Wildman–Crippen MR) is 89.6 cm³/mol. The minimum Gasteiger partial charge on any atom is -0.346 e. The monoisotopic (exact) mass is 312 g/mol. The summed E-state index contributed by atoms with van der Waals surface area (Å²) >= 11 is 0. The van der Waals surface area contributed by atoms with Crippen molar-refractivity contribution in [1.82, 2.24) is 5.32 Å². The number of aryl methyl sites for hydroxylation is 3. The van der Waals surface area contributed by atoms with Crippen molar-refractivity contribution in [1.29, 1.82) is 0 Å². The first kappa shape index (κ1) is 16.7. The Bertz CT molecular complexity index is 769. The molecule has 0 aliphatic carbocycles. The molecule has 1 amide bonds. The van der Waals surface area contributed by atoms with Crippen LogP contribution >= 0.6 is 0 Å². The molecule has 120 valence electrons. The number of nitro groups is 1. The third kappa shape index (κ3) is 3.74. The van der Waals surface area contributed by atoms with Crippen LogP contribution in [0.2, 0.25) is 0 Å². The summed E-state index contributed by atoms with van der Waals surface area (Å²) < 4.78 is 0. The molecular formula is C18H20N2O3. The first-order chi connectivity index (χ1) is 10.8. The molecule has 0 aliphatic rings. The van der Waals surface area contributed by atoms with E-state index in [1.807, 2.05) is 32.9 Å². The van der Waals surface area contributed by atoms with E-state index in [9.17, 15) is 14.9 Å². The van der Waals surface area contributed by atoms with Crippen LogP contribution in [0.4, 0.5) is 5.69 Å². The molecule has 5 heteroatoms. The van der Waals surface area contributed by atoms with Crippen LogP contribution < -0.4 is 5.32 Å². The molecule has 0 aliphatic heterocycles. The molecule has 0 radical (unpaired) electrons. The van der Waals surface area contributed by atoms with Crippen LogP contribution in [-0.2, 0) is 0 Å². The number of hydrogen-bond donors (Lipinski definition) is 1. The molecule has 0 heterocycles. The van der Waals surface area contributed by atoms with Crippen molar-refractivity contribution in [2.75, 3.05) is 0 Å². The number of nitrogens with zero attached hydrogens (tertiary/aromatic N) is 1. The van der Waals surface area contributed by atoms with E-state index >= 15 is 0 Å². The minimum atomic E-state index is -0.450. The lowest BCUT2D eigenvalue weighted by Gasteiger charge is -2.16. The van der Waals surface area contributed by atoms with E-state index in [0.717, 1.165) is 5.56 Å². The maximum Gasteiger partial charge on any atom is 0.272 e. The zero-order chi connectivity index (χ0) is 17.1. The van der Waals surface area contributed by atoms with Crippen molar-refractivity contribution in [3.63, 3.8) is 0 Å². The Morgan fingerprint density at radius 3 is 2.30 bits per heavy atom. The lowest BCUT2D eigenvalue weighted by Crippen LogP contribution is -2.26. The molecule has 0 saturated carbocycles. The molecular weight excluding hydrogens is 292 g/mol. The van der Waals surface area contributed by atoms with Crippen molar-refractivity contribution in [2.24, 2.45) is 0 Å². The Labute approximate surface area is 135 Å². The number of amides is 1. The summed E-state index contributed by atoms with van der Waals surface area (Å²) in [5.41, 5.74) is 4.32. The van der Waals surface area contributed by atoms with Crippen LogP contribution in [0.5, 0.6) is 0 Å². The van der Waals surface area contributed by atoms with Gasteiger partial charge >= 0.3 is 0 Å². The zero-order valence-electron chi connectivity index (χ0n) is 13.7. The summed E-state index contributed by atoms with van der Waals surface area (Å²) in [6.45, 7) is 7.62. The van der Waals surface area contributed by atoms with E-state index < -0.39 is 4.92 Å². The average Bonchev–Trinajstić information content (AvgIpc) is 2.49. The lowest BCUT2D eigenvalue weighted by molar-refractivity contribution is -0.385. The second-order valence-corrected chi connectivity index (χ2v) is 5.80. The van der Waals surface area contributed by atoms with Crippen molar-refractivity contribution < 1.29 is 9.72 Å². The number of benzene rings is 2. The van der Waals surface area contributed by atoms with Gasteiger partial charge < -0.3 is 5.32 Å². The van der Waals surface area contributed by atoms with E-state index in [-0.39, 0.29) is 17.6 Å². The van der Waals surface area contributed by atoms with E-state index in [0.29, 0.717) is 11.1 Å². The van der Waals surface area contributed by atoms with Gasteiger partial charge in [-0.2, -0.15) is 0 Å². The minimum absolute atomic E-state index is 0.0174. The standard InChI is InChI=1S/C18H20N2O3/c1-11-5-6-15(9-12(11)2)14(4)19-18(21)16-7-8-17(20(22)23)13(3)10-16/h5-10,14H,1-4H3,(H,19,21). The maximum absolute atomic E-state index is 12.3. The third-order valence-corrected chi connectivity index (χ3v) is 4.03. The van der Waals surface area contributed by atoms with Crippen LogP contribution in [0.3, 0.4) is 0 Å². The van der Waals surface area contributed by atoms with E-state index in [1.54, 1.807) is 13.0 Å². The molecule has 1 N–H and O–H groups in total. The molecule has 0 spiro atoms. The molecule has 0 saturated heterocycles. The van der Waals surface area contributed by atoms with Crippen LogP contribution in [0.15, 0.2) is 36.4 Å². The normalized spacial score (nSPS) is 11.8. The van der Waals surface area contributed by atoms with Gasteiger partial charge in [0.05, 0.1) is 11.0 Å². The number of carbonyl (C=O) groups excluding carboxylic acids is 1. The van der Waals surface area contributed by atoms with E-state index in [2.05, 4.69) is 11.4 Å². The first-order valence-electron chi connectivity index (χ1n) is 7.42. The first-order valence-corrected chi connectivity index (χ1v) is 7.42. The summed E-state index contributed by atoms with van der Waals surface area (Å²) in [7, 11) is 0. The quantitative estimate of drug-likeness (QED) is 0.685. The molecule has 1 atom stereocenters. The van der Waals surface area contributed by atoms with Crippen LogP contribution in [0.1, 0.15) is 45.6 Å². The lowest BCUT2D eigenvalue weighted by atomic mass is 10.0. The highest BCUT2D eigenvalue weighted by molar-refractivity contribution is 5.95. The SMILES string of the molecule is Cc1ccc(C(C)NC(=O)c2ccc([N+](=O)[O-])c(C)c2)cc1C. The highest BCUT2D eigenvalue weighted by Gasteiger charge is 2.16. The molecule has 5 nitrogen and oxygen atoms in total. The van der Waals surface area contributed by atoms with E-state index in [1.165, 1.54) is 23.3 Å². The maximum atomic E-state index is 12.3. The Hall–Kier alpha value is -2.69. The van der Waals surface area contributed by atoms with Crippen LogP contribution in [-0.4, -0.2) is 10.8 Å². The van der Waals surface area contributed by atoms with Gasteiger partial charge in [-0.3, -0.25) is 14.9 Å². The largest absolute Gasteiger partial charge is 0.346 e. The Balaban J connectivity index is 2.16. The predicted octanol–water partition coefficient (Wildman–Crippen LogP) is 4.01. The van der Waals surface area contributed by atoms with Crippen molar-refractivity contribution in [2.45, 2.75) is 33.7 Å². The molecule has 0 bridgehead atoms. The fourth-order valence-electron chi connectivity index (χ4n) is 2.40. The summed E-state index contributed by atoms with van der Waals surface area (Å²) in [6.07, 6.45) is 0. The summed E-state index contributed by atoms with van der Waals surface area (Å²) in [6, 6.07) is 10.3. The van der Waals surface area contributed by atoms with Crippen LogP contribution in [0, 0.1) is 30.9 Å². The van der Waals surface area contributed by atoms with Crippen molar-refractivity contribution in [3.8, 4) is 0 Å². The topological polar surface area (TPSA) is 72.2 Å². The Kier molecular flexibility index (Phi) is 4.79. The smallest absolute Gasteiger partial charge is 0.272 e. The second-order valence-electron chi connectivity index (χ2n) is 5.80. The van der Waals surface area contributed by atoms with Crippen molar-refractivity contribution in [3.05, 3.63) is 74.3 Å². The van der Waals surface area contributed by atoms with Gasteiger partial charge in [-0.05, 0) is 56.5 Å². The molecule has 23 heavy (non-hydrogen) atoms. The van der Waals surface area contributed by atoms with Gasteiger partial charge in [-0.25, -0.2) is 0 Å². The highest BCUT2D eigenvalue weighted by atomic mass is 16.6. The Morgan fingerprint density at radius 2 is 1.74 bits per heavy atom. The molecule has 0 aromatic heterocycles. The molecule has 0 fully saturated rings. The fraction of sp³-hybridized carbons (Fsp3) is 0.278. The summed E-state index contributed by atoms with van der Waals surface area (Å²) in [4.78, 5) is 22.7. The molecule has 2 aromatic carbocycles. The fourth-order valence-corrected chi connectivity index (χ4v) is 2.40. The molecule has 1 unspecified atom stereocenters. The van der Waals surface area contributed by atoms with Gasteiger partial charge in [-0.15, -0.1) is 0 Å². The zero-order valence-corrected chi connectivity index (χ0v) is 13.7. The number of carbonyl (C=O) groups is 1. The second kappa shape index (κ2) is 6.60. The van der Waals surface area contributed by atoms with E-state index in [4.69, 9.17) is 0 Å². The summed E-state index contributed by atoms with van der Waals surface area (Å²) in [5.74, 6) is -0.242. The number of nitro benzene ring substituents is 1. The average molecular weight is 312 g/mol. The highest BCUT2D eigenvalue weighted by Crippen LogP contribution is 2.20. The van der Waals surface area contributed by atoms with Gasteiger partial charge in [0, 0.05) is 17.2 Å². The third-order valence-electron chi connectivity index (χ3n) is 4.03. The van der Waals surface area contributed by atoms with Gasteiger partial charge in [0.1, 0.15) is 0 Å². The van der Waals surface area contributed by atoms with Gasteiger partial charge in [0.15, 0.2) is 0 Å². The summed E-state index contributed by atoms with van der Waals surface area (Å²) in [5, 5.41) is 13.8. The van der Waals surface area contributed by atoms with Gasteiger partial charge in [0.25, 0.3) is 11.6 Å². The number of nitrogens with one attached hydrogen (secondary N) is 1. The van der Waals surface area contributed by atoms with Crippen LogP contribution in [0.25, 0.3) is 0 Å². The number of hydrogen-bond acceptors (Lipinski definition) is 3. The number of rotatable bonds is 4. The van der Waals surface area contributed by atoms with Gasteiger partial charge in [0.2, 0.25) is 0 Å². The van der Waals surface area contributed by atoms with Crippen molar-refractivity contribution >= 4 is 11.6 Å². The molecule has 2 rings (SSSR count).